The predicted octanol–water partition coefficient (Wildman–Crippen LogP) is 7.49. The lowest BCUT2D eigenvalue weighted by Gasteiger charge is -2.52. The first-order valence-electron chi connectivity index (χ1n) is 21.7. The number of fused-ring (bicyclic) bond motifs is 2. The first-order valence-corrected chi connectivity index (χ1v) is 25.4. The summed E-state index contributed by atoms with van der Waals surface area (Å²) in [4.78, 5) is 37.3. The van der Waals surface area contributed by atoms with Gasteiger partial charge in [0.2, 0.25) is 10.0 Å². The molecule has 0 radical (unpaired) electrons. The van der Waals surface area contributed by atoms with Crippen molar-refractivity contribution in [2.45, 2.75) is 62.3 Å². The van der Waals surface area contributed by atoms with Crippen LogP contribution in [0.2, 0.25) is 5.02 Å². The third-order valence-electron chi connectivity index (χ3n) is 13.6. The number of pyridine rings is 1. The fraction of sp³-hybridized carbons (Fsp3) is 0.422. The van der Waals surface area contributed by atoms with E-state index in [1.54, 1.807) is 24.4 Å². The molecule has 2 aromatic heterocycles. The van der Waals surface area contributed by atoms with Gasteiger partial charge in [-0.15, -0.1) is 0 Å². The molecule has 64 heavy (non-hydrogen) atoms. The van der Waals surface area contributed by atoms with Crippen LogP contribution in [0.4, 0.5) is 17.1 Å². The van der Waals surface area contributed by atoms with Crippen LogP contribution in [0, 0.1) is 21.4 Å². The average Bonchev–Trinajstić information content (AvgIpc) is 3.62. The van der Waals surface area contributed by atoms with Crippen molar-refractivity contribution in [1.29, 1.82) is 0 Å². The van der Waals surface area contributed by atoms with E-state index in [9.17, 15) is 31.7 Å². The summed E-state index contributed by atoms with van der Waals surface area (Å²) in [6.07, 6.45) is 12.1. The number of amides is 1. The number of aromatic nitrogens is 2. The van der Waals surface area contributed by atoms with Crippen molar-refractivity contribution in [3.8, 4) is 11.5 Å². The molecule has 3 N–H and O–H groups in total. The lowest BCUT2D eigenvalue weighted by Crippen LogP contribution is -2.49. The zero-order chi connectivity index (χ0) is 44.8. The van der Waals surface area contributed by atoms with Crippen LogP contribution in [-0.4, -0.2) is 98.9 Å². The Morgan fingerprint density at radius 3 is 2.52 bits per heavy atom. The maximum atomic E-state index is 14.0. The molecule has 3 fully saturated rings. The molecule has 2 saturated heterocycles. The minimum atomic E-state index is -4.60. The Labute approximate surface area is 377 Å². The number of hydrogen-bond donors (Lipinski definition) is 3. The molecule has 2 aliphatic carbocycles. The number of halogens is 1. The Balaban J connectivity index is 0.896. The second kappa shape index (κ2) is 17.6. The highest BCUT2D eigenvalue weighted by atomic mass is 35.5. The van der Waals surface area contributed by atoms with Crippen molar-refractivity contribution in [2.75, 3.05) is 62.3 Å². The molecule has 1 atom stereocenters. The largest absolute Gasteiger partial charge is 0.455 e. The van der Waals surface area contributed by atoms with E-state index in [1.807, 2.05) is 18.2 Å². The lowest BCUT2D eigenvalue weighted by molar-refractivity contribution is -0.384. The highest BCUT2D eigenvalue weighted by molar-refractivity contribution is 7.90. The van der Waals surface area contributed by atoms with Gasteiger partial charge in [-0.2, -0.15) is 0 Å². The van der Waals surface area contributed by atoms with Crippen LogP contribution >= 0.6 is 11.6 Å². The Hall–Kier alpha value is -5.27. The van der Waals surface area contributed by atoms with Crippen molar-refractivity contribution in [1.82, 2.24) is 23.9 Å². The van der Waals surface area contributed by atoms with Crippen molar-refractivity contribution in [3.05, 3.63) is 111 Å². The summed E-state index contributed by atoms with van der Waals surface area (Å²) in [5, 5.41) is 17.0. The molecule has 19 heteroatoms. The van der Waals surface area contributed by atoms with E-state index in [2.05, 4.69) is 35.9 Å². The number of carbonyl (C=O) groups excluding carboxylic acids is 1. The van der Waals surface area contributed by atoms with Gasteiger partial charge in [0.15, 0.2) is 0 Å². The highest BCUT2D eigenvalue weighted by Gasteiger charge is 2.46. The number of aromatic amines is 1. The number of carbonyl (C=O) groups is 1. The SMILES string of the molecule is CS(=O)(=O)N1CCC2(CC1)CC(CNc1ccc(S(=O)(=O)NC(=O)c3ccc(N4CCN([C@@H]5CCCCc6c(Cl)cccc65)CC4)cc3Oc3cnc4[nH]ccc4c3)cc1[N+](=O)[O-])C2. The van der Waals surface area contributed by atoms with E-state index in [0.29, 0.717) is 44.1 Å². The van der Waals surface area contributed by atoms with Gasteiger partial charge >= 0.3 is 0 Å². The zero-order valence-corrected chi connectivity index (χ0v) is 37.9. The quantitative estimate of drug-likeness (QED) is 0.0634. The standard InChI is InChI=1S/C45H51ClN8O8S2/c1-63(58,59)53-17-14-45(15-18-53)26-30(27-45)28-48-39-12-10-34(25-41(39)54(56)57)64(60,61)50-44(55)37-11-9-32(24-42(37)62-33-23-31-13-16-47-43(31)49-29-33)51-19-21-52(22-20-51)40-8-3-2-5-35-36(40)6-4-7-38(35)46/h4,6-7,9-13,16,23-25,29-30,40,48H,2-3,5,8,14-15,17-22,26-28H2,1H3,(H,47,49)(H,50,55)/t40-/m1/s1. The summed E-state index contributed by atoms with van der Waals surface area (Å²) in [6.45, 7) is 4.44. The number of benzene rings is 3. The zero-order valence-electron chi connectivity index (χ0n) is 35.5. The minimum absolute atomic E-state index is 0.0554. The molecule has 3 aromatic carbocycles. The number of nitrogens with one attached hydrogen (secondary N) is 3. The van der Waals surface area contributed by atoms with Crippen LogP contribution in [0.5, 0.6) is 11.5 Å². The first kappa shape index (κ1) is 44.0. The lowest BCUT2D eigenvalue weighted by atomic mass is 9.58. The number of nitrogens with zero attached hydrogens (tertiary/aromatic N) is 5. The predicted molar refractivity (Wildman–Crippen MR) is 245 cm³/mol. The number of hydrogen-bond acceptors (Lipinski definition) is 12. The molecule has 1 saturated carbocycles. The van der Waals surface area contributed by atoms with Crippen molar-refractivity contribution >= 4 is 65.7 Å². The molecular weight excluding hydrogens is 880 g/mol. The van der Waals surface area contributed by atoms with Crippen molar-refractivity contribution < 1.29 is 31.3 Å². The number of ether oxygens (including phenoxy) is 1. The summed E-state index contributed by atoms with van der Waals surface area (Å²) >= 11 is 6.65. The maximum absolute atomic E-state index is 14.0. The molecule has 4 aliphatic rings. The Bertz CT molecular complexity index is 2820. The van der Waals surface area contributed by atoms with Gasteiger partial charge in [0, 0.05) is 86.3 Å². The van der Waals surface area contributed by atoms with E-state index >= 15 is 0 Å². The minimum Gasteiger partial charge on any atom is -0.455 e. The molecule has 0 unspecified atom stereocenters. The summed E-state index contributed by atoms with van der Waals surface area (Å²) in [6, 6.07) is 18.6. The smallest absolute Gasteiger partial charge is 0.293 e. The molecule has 2 aliphatic heterocycles. The molecule has 1 amide bonds. The summed E-state index contributed by atoms with van der Waals surface area (Å²) in [5.41, 5.74) is 3.72. The third-order valence-corrected chi connectivity index (χ3v) is 16.6. The fourth-order valence-electron chi connectivity index (χ4n) is 10.2. The fourth-order valence-corrected chi connectivity index (χ4v) is 12.3. The van der Waals surface area contributed by atoms with Crippen LogP contribution in [0.3, 0.4) is 0 Å². The second-order valence-corrected chi connectivity index (χ2v) is 21.7. The number of nitro groups is 1. The van der Waals surface area contributed by atoms with E-state index < -0.39 is 41.5 Å². The van der Waals surface area contributed by atoms with Crippen LogP contribution in [0.1, 0.15) is 72.5 Å². The van der Waals surface area contributed by atoms with E-state index in [-0.39, 0.29) is 34.4 Å². The van der Waals surface area contributed by atoms with Crippen LogP contribution in [0.15, 0.2) is 84.0 Å². The van der Waals surface area contributed by atoms with Gasteiger partial charge < -0.3 is 19.9 Å². The van der Waals surface area contributed by atoms with Gasteiger partial charge in [-0.3, -0.25) is 19.8 Å². The van der Waals surface area contributed by atoms with E-state index in [0.717, 1.165) is 86.6 Å². The molecular formula is C45H51ClN8O8S2. The summed E-state index contributed by atoms with van der Waals surface area (Å²) in [7, 11) is -7.83. The number of anilines is 2. The molecule has 1 spiro atoms. The Morgan fingerprint density at radius 1 is 0.984 bits per heavy atom. The molecule has 338 valence electrons. The number of H-pyrrole nitrogens is 1. The van der Waals surface area contributed by atoms with Gasteiger partial charge in [-0.25, -0.2) is 30.8 Å². The number of nitro benzene ring substituents is 1. The van der Waals surface area contributed by atoms with Crippen molar-refractivity contribution in [3.63, 3.8) is 0 Å². The number of sulfonamides is 2. The molecule has 0 bridgehead atoms. The molecule has 16 nitrogen and oxygen atoms in total. The van der Waals surface area contributed by atoms with Gasteiger partial charge in [0.1, 0.15) is 22.8 Å². The van der Waals surface area contributed by atoms with Crippen LogP contribution in [-0.2, 0) is 26.5 Å². The Morgan fingerprint density at radius 2 is 1.77 bits per heavy atom. The number of piperidine rings is 1. The first-order chi connectivity index (χ1) is 30.6. The third kappa shape index (κ3) is 9.15. The molecule has 4 heterocycles. The number of piperazine rings is 1. The molecule has 5 aromatic rings. The average molecular weight is 932 g/mol. The van der Waals surface area contributed by atoms with E-state index in [1.165, 1.54) is 46.1 Å². The second-order valence-electron chi connectivity index (χ2n) is 17.6. The van der Waals surface area contributed by atoms with Crippen molar-refractivity contribution in [2.24, 2.45) is 11.3 Å². The van der Waals surface area contributed by atoms with E-state index in [4.69, 9.17) is 16.3 Å². The van der Waals surface area contributed by atoms with Gasteiger partial charge in [-0.05, 0) is 110 Å². The Kier molecular flexibility index (Phi) is 12.1. The topological polar surface area (TPSA) is 200 Å². The van der Waals surface area contributed by atoms with Crippen LogP contribution < -0.4 is 19.7 Å². The molecule has 9 rings (SSSR count). The van der Waals surface area contributed by atoms with Crippen LogP contribution in [0.25, 0.3) is 11.0 Å². The van der Waals surface area contributed by atoms with Gasteiger partial charge in [0.25, 0.3) is 21.6 Å². The highest BCUT2D eigenvalue weighted by Crippen LogP contribution is 2.53. The summed E-state index contributed by atoms with van der Waals surface area (Å²) < 4.78 is 61.4. The maximum Gasteiger partial charge on any atom is 0.293 e. The van der Waals surface area contributed by atoms with Gasteiger partial charge in [-0.1, -0.05) is 30.2 Å². The number of rotatable bonds is 12. The van der Waals surface area contributed by atoms with Gasteiger partial charge in [0.05, 0.1) is 27.8 Å². The normalized spacial score (nSPS) is 19.7. The summed E-state index contributed by atoms with van der Waals surface area (Å²) in [5.74, 6) is -0.297. The monoisotopic (exact) mass is 930 g/mol.